The summed E-state index contributed by atoms with van der Waals surface area (Å²) in [4.78, 5) is 22.6. The first-order valence-corrected chi connectivity index (χ1v) is 6.68. The van der Waals surface area contributed by atoms with Gasteiger partial charge in [-0.3, -0.25) is 4.79 Å². The van der Waals surface area contributed by atoms with E-state index in [2.05, 4.69) is 0 Å². The van der Waals surface area contributed by atoms with Crippen LogP contribution in [0.5, 0.6) is 5.75 Å². The molecule has 0 bridgehead atoms. The van der Waals surface area contributed by atoms with Gasteiger partial charge in [0.15, 0.2) is 5.60 Å². The number of aryl methyl sites for hydroxylation is 1. The van der Waals surface area contributed by atoms with Gasteiger partial charge in [0.05, 0.1) is 0 Å². The van der Waals surface area contributed by atoms with Gasteiger partial charge in [0, 0.05) is 6.07 Å². The molecular weight excluding hydrogens is 260 g/mol. The van der Waals surface area contributed by atoms with Gasteiger partial charge in [0.2, 0.25) is 0 Å². The van der Waals surface area contributed by atoms with E-state index in [0.29, 0.717) is 23.5 Å². The molecule has 1 saturated carbocycles. The van der Waals surface area contributed by atoms with Crippen LogP contribution in [0.25, 0.3) is 6.08 Å². The summed E-state index contributed by atoms with van der Waals surface area (Å²) in [6, 6.07) is 1.70. The second-order valence-electron chi connectivity index (χ2n) is 5.41. The number of carbonyl (C=O) groups is 1. The molecule has 0 radical (unpaired) electrons. The smallest absolute Gasteiger partial charge is 0.346 e. The van der Waals surface area contributed by atoms with Gasteiger partial charge in [-0.15, -0.1) is 0 Å². The van der Waals surface area contributed by atoms with Crippen molar-refractivity contribution in [3.05, 3.63) is 33.4 Å². The SMILES string of the molecule is Cc1cc2c(c(=O)o1)C=C1CCC[C@H](OC=O)[C@]1(C)O2. The molecule has 1 fully saturated rings. The summed E-state index contributed by atoms with van der Waals surface area (Å²) >= 11 is 0. The van der Waals surface area contributed by atoms with Crippen LogP contribution in [0.1, 0.15) is 37.5 Å². The molecule has 0 N–H and O–H groups in total. The van der Waals surface area contributed by atoms with Crippen molar-refractivity contribution in [1.82, 2.24) is 0 Å². The summed E-state index contributed by atoms with van der Waals surface area (Å²) in [5, 5.41) is 0. The first-order chi connectivity index (χ1) is 9.54. The maximum atomic E-state index is 11.9. The molecule has 2 heterocycles. The minimum absolute atomic E-state index is 0.333. The summed E-state index contributed by atoms with van der Waals surface area (Å²) < 4.78 is 16.3. The Balaban J connectivity index is 2.11. The minimum Gasteiger partial charge on any atom is -0.478 e. The Kier molecular flexibility index (Phi) is 2.92. The molecule has 106 valence electrons. The quantitative estimate of drug-likeness (QED) is 0.775. The Morgan fingerprint density at radius 2 is 2.30 bits per heavy atom. The lowest BCUT2D eigenvalue weighted by Gasteiger charge is -2.44. The molecule has 0 spiro atoms. The van der Waals surface area contributed by atoms with Crippen molar-refractivity contribution in [2.24, 2.45) is 0 Å². The Morgan fingerprint density at radius 1 is 1.50 bits per heavy atom. The van der Waals surface area contributed by atoms with Crippen LogP contribution in [0, 0.1) is 6.92 Å². The maximum Gasteiger partial charge on any atom is 0.346 e. The van der Waals surface area contributed by atoms with E-state index in [-0.39, 0.29) is 6.10 Å². The Hall–Kier alpha value is -2.04. The van der Waals surface area contributed by atoms with Crippen molar-refractivity contribution >= 4 is 12.5 Å². The highest BCUT2D eigenvalue weighted by Gasteiger charge is 2.46. The van der Waals surface area contributed by atoms with Crippen molar-refractivity contribution < 1.29 is 18.7 Å². The third-order valence-electron chi connectivity index (χ3n) is 4.10. The fraction of sp³-hybridized carbons (Fsp3) is 0.467. The molecule has 5 heteroatoms. The molecule has 0 unspecified atom stereocenters. The number of hydrogen-bond donors (Lipinski definition) is 0. The zero-order chi connectivity index (χ0) is 14.3. The van der Waals surface area contributed by atoms with Crippen LogP contribution in [-0.4, -0.2) is 18.2 Å². The highest BCUT2D eigenvalue weighted by atomic mass is 16.6. The molecule has 0 aromatic carbocycles. The van der Waals surface area contributed by atoms with Crippen molar-refractivity contribution in [3.63, 3.8) is 0 Å². The summed E-state index contributed by atoms with van der Waals surface area (Å²) in [6.07, 6.45) is 3.96. The number of hydrogen-bond acceptors (Lipinski definition) is 5. The minimum atomic E-state index is -0.702. The second-order valence-corrected chi connectivity index (χ2v) is 5.41. The van der Waals surface area contributed by atoms with Gasteiger partial charge in [0.25, 0.3) is 6.47 Å². The van der Waals surface area contributed by atoms with E-state index < -0.39 is 11.2 Å². The molecule has 1 aliphatic heterocycles. The van der Waals surface area contributed by atoms with Crippen molar-refractivity contribution in [3.8, 4) is 5.75 Å². The largest absolute Gasteiger partial charge is 0.478 e. The molecule has 1 aromatic heterocycles. The Morgan fingerprint density at radius 3 is 3.05 bits per heavy atom. The molecule has 2 aliphatic rings. The van der Waals surface area contributed by atoms with Crippen LogP contribution in [0.2, 0.25) is 0 Å². The summed E-state index contributed by atoms with van der Waals surface area (Å²) in [5.74, 6) is 0.990. The van der Waals surface area contributed by atoms with Crippen molar-refractivity contribution in [2.45, 2.75) is 44.8 Å². The lowest BCUT2D eigenvalue weighted by molar-refractivity contribution is -0.145. The van der Waals surface area contributed by atoms with E-state index >= 15 is 0 Å². The van der Waals surface area contributed by atoms with Gasteiger partial charge in [-0.2, -0.15) is 0 Å². The van der Waals surface area contributed by atoms with E-state index in [4.69, 9.17) is 13.9 Å². The first kappa shape index (κ1) is 13.0. The summed E-state index contributed by atoms with van der Waals surface area (Å²) in [7, 11) is 0. The normalized spacial score (nSPS) is 27.7. The standard InChI is InChI=1S/C15H16O5/c1-9-6-12-11(14(17)19-9)7-10-4-3-5-13(18-8-16)15(10,2)20-12/h6-8,13H,3-5H2,1-2H3/t13-,15+/m0/s1. The van der Waals surface area contributed by atoms with Crippen LogP contribution >= 0.6 is 0 Å². The van der Waals surface area contributed by atoms with E-state index in [1.54, 1.807) is 13.0 Å². The summed E-state index contributed by atoms with van der Waals surface area (Å²) in [6.45, 7) is 4.06. The number of rotatable bonds is 2. The molecular formula is C15H16O5. The Bertz CT molecular complexity index is 642. The van der Waals surface area contributed by atoms with Gasteiger partial charge >= 0.3 is 5.63 Å². The highest BCUT2D eigenvalue weighted by molar-refractivity contribution is 5.64. The van der Waals surface area contributed by atoms with Crippen molar-refractivity contribution in [2.75, 3.05) is 0 Å². The average molecular weight is 276 g/mol. The maximum absolute atomic E-state index is 11.9. The number of fused-ring (bicyclic) bond motifs is 2. The van der Waals surface area contributed by atoms with Crippen LogP contribution in [0.3, 0.4) is 0 Å². The molecule has 3 rings (SSSR count). The second kappa shape index (κ2) is 4.51. The lowest BCUT2D eigenvalue weighted by atomic mass is 9.77. The molecule has 0 saturated heterocycles. The Labute approximate surface area is 116 Å². The highest BCUT2D eigenvalue weighted by Crippen LogP contribution is 2.43. The average Bonchev–Trinajstić information content (AvgIpc) is 2.38. The molecule has 2 atom stereocenters. The van der Waals surface area contributed by atoms with Gasteiger partial charge < -0.3 is 13.9 Å². The van der Waals surface area contributed by atoms with Gasteiger partial charge in [-0.1, -0.05) is 0 Å². The molecule has 5 nitrogen and oxygen atoms in total. The third kappa shape index (κ3) is 1.85. The zero-order valence-electron chi connectivity index (χ0n) is 11.5. The molecule has 1 aliphatic carbocycles. The van der Waals surface area contributed by atoms with Gasteiger partial charge in [0.1, 0.15) is 23.2 Å². The molecule has 1 aromatic rings. The van der Waals surface area contributed by atoms with Crippen molar-refractivity contribution in [1.29, 1.82) is 0 Å². The topological polar surface area (TPSA) is 65.7 Å². The number of ether oxygens (including phenoxy) is 2. The van der Waals surface area contributed by atoms with E-state index in [0.717, 1.165) is 24.8 Å². The van der Waals surface area contributed by atoms with Gasteiger partial charge in [-0.05, 0) is 44.8 Å². The van der Waals surface area contributed by atoms with E-state index in [9.17, 15) is 9.59 Å². The first-order valence-electron chi connectivity index (χ1n) is 6.68. The van der Waals surface area contributed by atoms with Crippen LogP contribution in [-0.2, 0) is 9.53 Å². The van der Waals surface area contributed by atoms with E-state index in [1.165, 1.54) is 0 Å². The van der Waals surface area contributed by atoms with E-state index in [1.807, 2.05) is 13.0 Å². The zero-order valence-corrected chi connectivity index (χ0v) is 11.5. The van der Waals surface area contributed by atoms with Crippen LogP contribution in [0.4, 0.5) is 0 Å². The monoisotopic (exact) mass is 276 g/mol. The summed E-state index contributed by atoms with van der Waals surface area (Å²) in [5.41, 5.74) is 0.314. The fourth-order valence-corrected chi connectivity index (χ4v) is 3.03. The third-order valence-corrected chi connectivity index (χ3v) is 4.10. The predicted octanol–water partition coefficient (Wildman–Crippen LogP) is 2.21. The molecule has 20 heavy (non-hydrogen) atoms. The van der Waals surface area contributed by atoms with Crippen LogP contribution < -0.4 is 10.4 Å². The number of carbonyl (C=O) groups excluding carboxylic acids is 1. The predicted molar refractivity (Wildman–Crippen MR) is 71.5 cm³/mol. The molecule has 0 amide bonds. The lowest BCUT2D eigenvalue weighted by Crippen LogP contribution is -2.51. The van der Waals surface area contributed by atoms with Crippen LogP contribution in [0.15, 0.2) is 20.9 Å². The van der Waals surface area contributed by atoms with Gasteiger partial charge in [-0.25, -0.2) is 4.79 Å². The fourth-order valence-electron chi connectivity index (χ4n) is 3.03.